The molecular formula is C19H27N3OS. The predicted molar refractivity (Wildman–Crippen MR) is 102 cm³/mol. The minimum Gasteiger partial charge on any atom is -0.497 e. The van der Waals surface area contributed by atoms with E-state index in [9.17, 15) is 0 Å². The van der Waals surface area contributed by atoms with Crippen molar-refractivity contribution in [3.05, 3.63) is 29.8 Å². The van der Waals surface area contributed by atoms with E-state index in [1.807, 2.05) is 24.3 Å². The van der Waals surface area contributed by atoms with Crippen LogP contribution < -0.4 is 15.5 Å². The van der Waals surface area contributed by atoms with Crippen molar-refractivity contribution >= 4 is 23.0 Å². The fraction of sp³-hybridized carbons (Fsp3) is 0.579. The molecular weight excluding hydrogens is 318 g/mol. The molecule has 0 unspecified atom stereocenters. The van der Waals surface area contributed by atoms with Crippen LogP contribution in [0.2, 0.25) is 0 Å². The van der Waals surface area contributed by atoms with Crippen LogP contribution in [-0.4, -0.2) is 17.9 Å². The molecule has 130 valence electrons. The molecule has 0 amide bonds. The predicted octanol–water partition coefficient (Wildman–Crippen LogP) is 3.86. The molecule has 0 aliphatic heterocycles. The van der Waals surface area contributed by atoms with E-state index in [4.69, 9.17) is 17.0 Å². The van der Waals surface area contributed by atoms with Crippen molar-refractivity contribution in [2.24, 2.45) is 21.8 Å². The Bertz CT molecular complexity index is 653. The van der Waals surface area contributed by atoms with Crippen molar-refractivity contribution in [3.8, 4) is 5.75 Å². The second-order valence-corrected chi connectivity index (χ2v) is 8.10. The Kier molecular flexibility index (Phi) is 4.56. The summed E-state index contributed by atoms with van der Waals surface area (Å²) in [5.41, 5.74) is 6.02. The second kappa shape index (κ2) is 6.36. The Labute approximate surface area is 150 Å². The van der Waals surface area contributed by atoms with Gasteiger partial charge in [-0.25, -0.2) is 0 Å². The first-order valence-corrected chi connectivity index (χ1v) is 9.01. The highest BCUT2D eigenvalue weighted by molar-refractivity contribution is 7.80. The lowest BCUT2D eigenvalue weighted by atomic mass is 9.70. The molecule has 2 aliphatic rings. The first-order valence-electron chi connectivity index (χ1n) is 8.60. The summed E-state index contributed by atoms with van der Waals surface area (Å²) in [5.74, 6) is 1.61. The molecule has 0 saturated heterocycles. The summed E-state index contributed by atoms with van der Waals surface area (Å²) in [6.45, 7) is 7.79. The van der Waals surface area contributed by atoms with Gasteiger partial charge < -0.3 is 10.1 Å². The Balaban J connectivity index is 1.54. The van der Waals surface area contributed by atoms with Crippen molar-refractivity contribution in [1.29, 1.82) is 0 Å². The fourth-order valence-electron chi connectivity index (χ4n) is 4.18. The van der Waals surface area contributed by atoms with Crippen LogP contribution in [0.5, 0.6) is 5.75 Å². The molecule has 0 radical (unpaired) electrons. The third-order valence-corrected chi connectivity index (χ3v) is 6.65. The number of fused-ring (bicyclic) bond motifs is 2. The highest BCUT2D eigenvalue weighted by atomic mass is 32.1. The molecule has 5 heteroatoms. The van der Waals surface area contributed by atoms with Crippen molar-refractivity contribution in [1.82, 2.24) is 10.7 Å². The maximum absolute atomic E-state index is 5.36. The zero-order valence-electron chi connectivity index (χ0n) is 15.0. The maximum atomic E-state index is 5.36. The average Bonchev–Trinajstić information content (AvgIpc) is 2.91. The smallest absolute Gasteiger partial charge is 0.187 e. The molecule has 2 atom stereocenters. The van der Waals surface area contributed by atoms with Gasteiger partial charge in [-0.05, 0) is 60.5 Å². The third kappa shape index (κ3) is 2.90. The minimum absolute atomic E-state index is 0.205. The number of hydrogen-bond donors (Lipinski definition) is 2. The molecule has 2 fully saturated rings. The normalized spacial score (nSPS) is 28.8. The van der Waals surface area contributed by atoms with E-state index in [1.54, 1.807) is 7.11 Å². The summed E-state index contributed by atoms with van der Waals surface area (Å²) in [5, 5.41) is 8.44. The quantitative estimate of drug-likeness (QED) is 0.642. The van der Waals surface area contributed by atoms with E-state index >= 15 is 0 Å². The molecule has 2 bridgehead atoms. The molecule has 2 N–H and O–H groups in total. The molecule has 2 saturated carbocycles. The number of rotatable bonds is 4. The van der Waals surface area contributed by atoms with Gasteiger partial charge in [0.1, 0.15) is 5.75 Å². The summed E-state index contributed by atoms with van der Waals surface area (Å²) in [7, 11) is 1.67. The number of hydrogen-bond acceptors (Lipinski definition) is 3. The van der Waals surface area contributed by atoms with Crippen LogP contribution in [0.25, 0.3) is 0 Å². The number of benzene rings is 1. The Morgan fingerprint density at radius 3 is 2.54 bits per heavy atom. The molecule has 24 heavy (non-hydrogen) atoms. The van der Waals surface area contributed by atoms with Crippen LogP contribution in [0.1, 0.15) is 45.6 Å². The Morgan fingerprint density at radius 2 is 2.00 bits per heavy atom. The molecule has 0 spiro atoms. The maximum Gasteiger partial charge on any atom is 0.187 e. The summed E-state index contributed by atoms with van der Waals surface area (Å²) >= 11 is 5.36. The number of nitrogens with one attached hydrogen (secondary N) is 2. The zero-order valence-corrected chi connectivity index (χ0v) is 15.8. The van der Waals surface area contributed by atoms with E-state index < -0.39 is 0 Å². The summed E-state index contributed by atoms with van der Waals surface area (Å²) < 4.78 is 5.16. The van der Waals surface area contributed by atoms with Crippen LogP contribution in [0.3, 0.4) is 0 Å². The van der Waals surface area contributed by atoms with E-state index in [2.05, 4.69) is 36.6 Å². The monoisotopic (exact) mass is 345 g/mol. The highest BCUT2D eigenvalue weighted by Gasteiger charge is 2.59. The van der Waals surface area contributed by atoms with Gasteiger partial charge in [0.05, 0.1) is 7.11 Å². The average molecular weight is 346 g/mol. The molecule has 2 aliphatic carbocycles. The topological polar surface area (TPSA) is 45.6 Å². The first kappa shape index (κ1) is 17.2. The summed E-state index contributed by atoms with van der Waals surface area (Å²) in [6.07, 6.45) is 3.65. The largest absolute Gasteiger partial charge is 0.497 e. The van der Waals surface area contributed by atoms with Gasteiger partial charge in [-0.2, -0.15) is 5.10 Å². The lowest BCUT2D eigenvalue weighted by Crippen LogP contribution is -2.36. The van der Waals surface area contributed by atoms with Gasteiger partial charge in [-0.1, -0.05) is 32.9 Å². The van der Waals surface area contributed by atoms with E-state index in [-0.39, 0.29) is 5.41 Å². The molecule has 1 aromatic carbocycles. The number of nitrogens with zero attached hydrogens (tertiary/aromatic N) is 1. The van der Waals surface area contributed by atoms with Crippen molar-refractivity contribution in [2.45, 2.75) is 46.6 Å². The van der Waals surface area contributed by atoms with Crippen LogP contribution >= 0.6 is 12.2 Å². The zero-order chi connectivity index (χ0) is 17.4. The lowest BCUT2D eigenvalue weighted by Gasteiger charge is -2.34. The van der Waals surface area contributed by atoms with Gasteiger partial charge in [0.2, 0.25) is 0 Å². The van der Waals surface area contributed by atoms with Crippen LogP contribution in [0.4, 0.5) is 0 Å². The van der Waals surface area contributed by atoms with Gasteiger partial charge in [0, 0.05) is 17.7 Å². The standard InChI is InChI=1S/C19H27N3OS/c1-18(2)14-9-10-19(18,3)16(11-14)21-22-17(24)20-12-13-5-7-15(23-4)8-6-13/h5-8,14H,9-12H2,1-4H3,(H2,20,22,24)/b21-16-/t14-,19-/m1/s1. The van der Waals surface area contributed by atoms with E-state index in [1.165, 1.54) is 18.6 Å². The van der Waals surface area contributed by atoms with Gasteiger partial charge in [0.25, 0.3) is 0 Å². The van der Waals surface area contributed by atoms with Gasteiger partial charge in [0.15, 0.2) is 5.11 Å². The van der Waals surface area contributed by atoms with Gasteiger partial charge in [-0.15, -0.1) is 0 Å². The van der Waals surface area contributed by atoms with E-state index in [0.29, 0.717) is 17.1 Å². The number of ether oxygens (including phenoxy) is 1. The minimum atomic E-state index is 0.205. The van der Waals surface area contributed by atoms with Crippen molar-refractivity contribution in [3.63, 3.8) is 0 Å². The number of methoxy groups -OCH3 is 1. The van der Waals surface area contributed by atoms with Crippen LogP contribution in [0, 0.1) is 16.7 Å². The fourth-order valence-corrected chi connectivity index (χ4v) is 4.30. The highest BCUT2D eigenvalue weighted by Crippen LogP contribution is 2.63. The summed E-state index contributed by atoms with van der Waals surface area (Å²) in [6, 6.07) is 7.96. The Hall–Kier alpha value is -1.62. The summed E-state index contributed by atoms with van der Waals surface area (Å²) in [4.78, 5) is 0. The van der Waals surface area contributed by atoms with Crippen molar-refractivity contribution in [2.75, 3.05) is 7.11 Å². The number of thiocarbonyl (C=S) groups is 1. The Morgan fingerprint density at radius 1 is 1.29 bits per heavy atom. The van der Waals surface area contributed by atoms with Gasteiger partial charge in [-0.3, -0.25) is 5.43 Å². The molecule has 0 aromatic heterocycles. The number of hydrazone groups is 1. The molecule has 3 rings (SSSR count). The van der Waals surface area contributed by atoms with Gasteiger partial charge >= 0.3 is 0 Å². The SMILES string of the molecule is COc1ccc(CNC(=S)N/N=C2/C[C@H]3CC[C@@]2(C)C3(C)C)cc1. The second-order valence-electron chi connectivity index (χ2n) is 7.69. The molecule has 0 heterocycles. The van der Waals surface area contributed by atoms with Crippen LogP contribution in [0.15, 0.2) is 29.4 Å². The molecule has 1 aromatic rings. The van der Waals surface area contributed by atoms with Crippen molar-refractivity contribution < 1.29 is 4.74 Å². The van der Waals surface area contributed by atoms with Crippen LogP contribution in [-0.2, 0) is 6.54 Å². The molecule has 4 nitrogen and oxygen atoms in total. The van der Waals surface area contributed by atoms with E-state index in [0.717, 1.165) is 23.7 Å². The lowest BCUT2D eigenvalue weighted by molar-refractivity contribution is 0.193. The first-order chi connectivity index (χ1) is 11.4. The third-order valence-electron chi connectivity index (χ3n) is 6.42.